The quantitative estimate of drug-likeness (QED) is 0.701. The van der Waals surface area contributed by atoms with E-state index in [9.17, 15) is 0 Å². The molecule has 0 N–H and O–H groups in total. The van der Waals surface area contributed by atoms with Gasteiger partial charge in [-0.2, -0.15) is 0 Å². The second-order valence-corrected chi connectivity index (χ2v) is 7.73. The monoisotopic (exact) mass is 370 g/mol. The van der Waals surface area contributed by atoms with E-state index in [1.165, 1.54) is 12.8 Å². The molecule has 2 aromatic heterocycles. The molecule has 3 atom stereocenters. The molecule has 0 radical (unpaired) electrons. The van der Waals surface area contributed by atoms with Crippen LogP contribution in [0.3, 0.4) is 0 Å². The number of allylic oxidation sites excluding steroid dienone is 2. The standard InChI is InChI=1S/C20H30N6O/c1-3-26-19(18-17(9-12-27-18)14-25-11-10-21-15-25)22-23-20(26)24(2)13-16-7-5-4-6-8-16/h4-5,10-11,15-18H,3,6-9,12-14H2,1-2H3/t16?,17-,18-/m1/s1. The summed E-state index contributed by atoms with van der Waals surface area (Å²) in [6, 6.07) is 0. The summed E-state index contributed by atoms with van der Waals surface area (Å²) in [6.07, 6.45) is 15.0. The Hall–Kier alpha value is -2.15. The van der Waals surface area contributed by atoms with Crippen LogP contribution in [0.25, 0.3) is 0 Å². The largest absolute Gasteiger partial charge is 0.370 e. The average Bonchev–Trinajstić information content (AvgIpc) is 3.43. The van der Waals surface area contributed by atoms with Crippen LogP contribution in [0.4, 0.5) is 5.95 Å². The first-order chi connectivity index (χ1) is 13.3. The lowest BCUT2D eigenvalue weighted by atomic mass is 9.94. The highest BCUT2D eigenvalue weighted by molar-refractivity contribution is 5.31. The summed E-state index contributed by atoms with van der Waals surface area (Å²) in [6.45, 7) is 5.71. The van der Waals surface area contributed by atoms with Crippen molar-refractivity contribution in [2.24, 2.45) is 11.8 Å². The molecule has 2 aromatic rings. The van der Waals surface area contributed by atoms with Gasteiger partial charge in [0.2, 0.25) is 5.95 Å². The normalized spacial score (nSPS) is 25.2. The minimum atomic E-state index is -0.000358. The van der Waals surface area contributed by atoms with Crippen molar-refractivity contribution in [3.63, 3.8) is 0 Å². The van der Waals surface area contributed by atoms with E-state index in [1.54, 1.807) is 0 Å². The van der Waals surface area contributed by atoms with Crippen LogP contribution >= 0.6 is 0 Å². The molecule has 4 rings (SSSR count). The number of aromatic nitrogens is 5. The Bertz CT molecular complexity index is 753. The molecular formula is C20H30N6O. The van der Waals surface area contributed by atoms with E-state index in [1.807, 2.05) is 18.7 Å². The molecule has 1 aliphatic carbocycles. The Balaban J connectivity index is 1.50. The van der Waals surface area contributed by atoms with Gasteiger partial charge in [-0.3, -0.25) is 4.57 Å². The van der Waals surface area contributed by atoms with Gasteiger partial charge in [0.15, 0.2) is 5.82 Å². The van der Waals surface area contributed by atoms with Crippen LogP contribution < -0.4 is 4.90 Å². The van der Waals surface area contributed by atoms with E-state index < -0.39 is 0 Å². The molecule has 7 heteroatoms. The van der Waals surface area contributed by atoms with Crippen LogP contribution in [-0.2, 0) is 17.8 Å². The van der Waals surface area contributed by atoms with E-state index in [0.29, 0.717) is 11.8 Å². The summed E-state index contributed by atoms with van der Waals surface area (Å²) >= 11 is 0. The maximum atomic E-state index is 6.10. The van der Waals surface area contributed by atoms with Crippen molar-refractivity contribution in [1.82, 2.24) is 24.3 Å². The molecule has 1 saturated heterocycles. The molecule has 146 valence electrons. The zero-order valence-corrected chi connectivity index (χ0v) is 16.4. The Labute approximate surface area is 161 Å². The van der Waals surface area contributed by atoms with E-state index in [4.69, 9.17) is 4.74 Å². The summed E-state index contributed by atoms with van der Waals surface area (Å²) in [5, 5.41) is 9.12. The highest BCUT2D eigenvalue weighted by Gasteiger charge is 2.34. The predicted molar refractivity (Wildman–Crippen MR) is 104 cm³/mol. The number of rotatable bonds is 7. The number of hydrogen-bond acceptors (Lipinski definition) is 5. The van der Waals surface area contributed by atoms with Gasteiger partial charge in [-0.25, -0.2) is 4.98 Å². The van der Waals surface area contributed by atoms with Crippen molar-refractivity contribution in [3.05, 3.63) is 36.7 Å². The number of nitrogens with zero attached hydrogens (tertiary/aromatic N) is 6. The fraction of sp³-hybridized carbons (Fsp3) is 0.650. The predicted octanol–water partition coefficient (Wildman–Crippen LogP) is 3.06. The number of anilines is 1. The molecule has 0 bridgehead atoms. The fourth-order valence-electron chi connectivity index (χ4n) is 4.37. The lowest BCUT2D eigenvalue weighted by Crippen LogP contribution is -2.29. The van der Waals surface area contributed by atoms with E-state index >= 15 is 0 Å². The summed E-state index contributed by atoms with van der Waals surface area (Å²) in [5.41, 5.74) is 0. The van der Waals surface area contributed by atoms with Crippen molar-refractivity contribution in [2.75, 3.05) is 25.1 Å². The lowest BCUT2D eigenvalue weighted by molar-refractivity contribution is 0.0763. The zero-order chi connectivity index (χ0) is 18.6. The molecule has 0 aromatic carbocycles. The SMILES string of the molecule is CCn1c([C@@H]2OCC[C@@H]2Cn2ccnc2)nnc1N(C)CC1CC=CCC1. The summed E-state index contributed by atoms with van der Waals surface area (Å²) < 4.78 is 10.5. The topological polar surface area (TPSA) is 61.0 Å². The Morgan fingerprint density at radius 2 is 2.19 bits per heavy atom. The second kappa shape index (κ2) is 8.25. The van der Waals surface area contributed by atoms with Gasteiger partial charge in [0.1, 0.15) is 6.10 Å². The Kier molecular flexibility index (Phi) is 5.57. The number of ether oxygens (including phenoxy) is 1. The third-order valence-corrected chi connectivity index (χ3v) is 5.80. The van der Waals surface area contributed by atoms with Crippen molar-refractivity contribution < 1.29 is 4.74 Å². The maximum Gasteiger partial charge on any atom is 0.227 e. The van der Waals surface area contributed by atoms with Crippen LogP contribution in [0.5, 0.6) is 0 Å². The van der Waals surface area contributed by atoms with Crippen molar-refractivity contribution in [3.8, 4) is 0 Å². The summed E-state index contributed by atoms with van der Waals surface area (Å²) in [7, 11) is 2.14. The molecule has 1 aliphatic heterocycles. The van der Waals surface area contributed by atoms with Gasteiger partial charge in [-0.15, -0.1) is 10.2 Å². The van der Waals surface area contributed by atoms with Gasteiger partial charge in [0.05, 0.1) is 6.33 Å². The van der Waals surface area contributed by atoms with Crippen LogP contribution in [0.1, 0.15) is 44.5 Å². The highest BCUT2D eigenvalue weighted by Crippen LogP contribution is 2.36. The molecular weight excluding hydrogens is 340 g/mol. The second-order valence-electron chi connectivity index (χ2n) is 7.73. The minimum Gasteiger partial charge on any atom is -0.370 e. The van der Waals surface area contributed by atoms with Gasteiger partial charge in [0.25, 0.3) is 0 Å². The zero-order valence-electron chi connectivity index (χ0n) is 16.4. The highest BCUT2D eigenvalue weighted by atomic mass is 16.5. The van der Waals surface area contributed by atoms with E-state index in [2.05, 4.69) is 55.3 Å². The molecule has 0 amide bonds. The van der Waals surface area contributed by atoms with Crippen LogP contribution in [0.2, 0.25) is 0 Å². The minimum absolute atomic E-state index is 0.000358. The summed E-state index contributed by atoms with van der Waals surface area (Å²) in [5.74, 6) is 3.02. The van der Waals surface area contributed by atoms with E-state index in [0.717, 1.165) is 50.9 Å². The third-order valence-electron chi connectivity index (χ3n) is 5.80. The molecule has 1 fully saturated rings. The van der Waals surface area contributed by atoms with Gasteiger partial charge in [-0.1, -0.05) is 12.2 Å². The van der Waals surface area contributed by atoms with Gasteiger partial charge < -0.3 is 14.2 Å². The number of imidazole rings is 1. The van der Waals surface area contributed by atoms with Gasteiger partial charge in [-0.05, 0) is 38.5 Å². The fourth-order valence-corrected chi connectivity index (χ4v) is 4.37. The molecule has 3 heterocycles. The molecule has 2 aliphatic rings. The molecule has 7 nitrogen and oxygen atoms in total. The van der Waals surface area contributed by atoms with E-state index in [-0.39, 0.29) is 6.10 Å². The van der Waals surface area contributed by atoms with Crippen LogP contribution in [-0.4, -0.2) is 44.5 Å². The van der Waals surface area contributed by atoms with Crippen LogP contribution in [0.15, 0.2) is 30.9 Å². The van der Waals surface area contributed by atoms with Gasteiger partial charge in [0, 0.05) is 51.6 Å². The first-order valence-corrected chi connectivity index (χ1v) is 10.1. The van der Waals surface area contributed by atoms with Crippen molar-refractivity contribution in [2.45, 2.75) is 51.8 Å². The molecule has 0 spiro atoms. The molecule has 1 unspecified atom stereocenters. The lowest BCUT2D eigenvalue weighted by Gasteiger charge is -2.26. The summed E-state index contributed by atoms with van der Waals surface area (Å²) in [4.78, 5) is 6.42. The molecule has 27 heavy (non-hydrogen) atoms. The molecule has 0 saturated carbocycles. The van der Waals surface area contributed by atoms with Gasteiger partial charge >= 0.3 is 0 Å². The third kappa shape index (κ3) is 3.93. The van der Waals surface area contributed by atoms with Crippen molar-refractivity contribution in [1.29, 1.82) is 0 Å². The first-order valence-electron chi connectivity index (χ1n) is 10.1. The average molecular weight is 371 g/mol. The first kappa shape index (κ1) is 18.2. The van der Waals surface area contributed by atoms with Crippen LogP contribution in [0, 0.1) is 11.8 Å². The van der Waals surface area contributed by atoms with Crippen molar-refractivity contribution >= 4 is 5.95 Å². The smallest absolute Gasteiger partial charge is 0.227 e. The Morgan fingerprint density at radius 1 is 1.26 bits per heavy atom. The maximum absolute atomic E-state index is 6.10. The number of hydrogen-bond donors (Lipinski definition) is 0. The Morgan fingerprint density at radius 3 is 2.93 bits per heavy atom.